The molecule has 0 saturated heterocycles. The highest BCUT2D eigenvalue weighted by Gasteiger charge is 2.00. The molecule has 0 aliphatic rings. The summed E-state index contributed by atoms with van der Waals surface area (Å²) in [6.07, 6.45) is 3.16. The van der Waals surface area contributed by atoms with Gasteiger partial charge in [0.1, 0.15) is 0 Å². The Balaban J connectivity index is 1.95. The smallest absolute Gasteiger partial charge is 0.0716 e. The maximum absolute atomic E-state index is 5.82. The maximum atomic E-state index is 5.82. The fraction of sp³-hybridized carbons (Fsp3) is 0.571. The minimum absolute atomic E-state index is 0.161. The van der Waals surface area contributed by atoms with Crippen LogP contribution in [0.1, 0.15) is 24.8 Å². The first kappa shape index (κ1) is 14.2. The molecule has 1 aromatic rings. The van der Waals surface area contributed by atoms with Crippen LogP contribution in [-0.4, -0.2) is 26.4 Å². The van der Waals surface area contributed by atoms with Crippen LogP contribution in [0.2, 0.25) is 0 Å². The summed E-state index contributed by atoms with van der Waals surface area (Å²) in [5, 5.41) is 0. The van der Waals surface area contributed by atoms with Gasteiger partial charge in [0.15, 0.2) is 0 Å². The zero-order valence-electron chi connectivity index (χ0n) is 10.6. The van der Waals surface area contributed by atoms with Crippen LogP contribution < -0.4 is 5.73 Å². The van der Waals surface area contributed by atoms with E-state index >= 15 is 0 Å². The minimum atomic E-state index is 0.161. The molecule has 0 bridgehead atoms. The first-order valence-electron chi connectivity index (χ1n) is 6.19. The van der Waals surface area contributed by atoms with E-state index in [2.05, 4.69) is 12.1 Å². The number of hydrogen-bond donors (Lipinski definition) is 1. The average Bonchev–Trinajstić information content (AvgIpc) is 2.35. The van der Waals surface area contributed by atoms with E-state index in [4.69, 9.17) is 15.2 Å². The Hall–Kier alpha value is -0.900. The number of hydrogen-bond acceptors (Lipinski definition) is 3. The van der Waals surface area contributed by atoms with E-state index < -0.39 is 0 Å². The van der Waals surface area contributed by atoms with Crippen LogP contribution in [0.25, 0.3) is 0 Å². The Morgan fingerprint density at radius 2 is 1.94 bits per heavy atom. The lowest BCUT2D eigenvalue weighted by Gasteiger charge is -2.09. The first-order valence-corrected chi connectivity index (χ1v) is 6.19. The van der Waals surface area contributed by atoms with E-state index in [1.165, 1.54) is 5.56 Å². The van der Waals surface area contributed by atoms with Crippen molar-refractivity contribution in [3.8, 4) is 0 Å². The number of unbranched alkanes of at least 4 members (excludes halogenated alkanes) is 1. The molecule has 3 heteroatoms. The summed E-state index contributed by atoms with van der Waals surface area (Å²) in [5.74, 6) is 0. The van der Waals surface area contributed by atoms with E-state index in [0.717, 1.165) is 25.9 Å². The second kappa shape index (κ2) is 9.16. The Bertz CT molecular complexity index is 277. The Labute approximate surface area is 104 Å². The summed E-state index contributed by atoms with van der Waals surface area (Å²) in [5.41, 5.74) is 7.05. The van der Waals surface area contributed by atoms with E-state index in [9.17, 15) is 0 Å². The molecule has 0 saturated carbocycles. The summed E-state index contributed by atoms with van der Waals surface area (Å²) in [7, 11) is 1.68. The summed E-state index contributed by atoms with van der Waals surface area (Å²) in [6.45, 7) is 2.14. The Kier molecular flexibility index (Phi) is 7.63. The molecule has 0 radical (unpaired) electrons. The van der Waals surface area contributed by atoms with Crippen molar-refractivity contribution in [2.24, 2.45) is 5.73 Å². The summed E-state index contributed by atoms with van der Waals surface area (Å²) >= 11 is 0. The molecule has 0 amide bonds. The van der Waals surface area contributed by atoms with Gasteiger partial charge < -0.3 is 15.2 Å². The molecular formula is C14H23NO2. The third-order valence-electron chi connectivity index (χ3n) is 2.61. The van der Waals surface area contributed by atoms with Crippen molar-refractivity contribution in [1.82, 2.24) is 0 Å². The van der Waals surface area contributed by atoms with Crippen molar-refractivity contribution in [2.75, 3.05) is 20.3 Å². The molecule has 0 aliphatic carbocycles. The quantitative estimate of drug-likeness (QED) is 0.670. The minimum Gasteiger partial charge on any atom is -0.383 e. The first-order chi connectivity index (χ1) is 8.33. The van der Waals surface area contributed by atoms with Crippen molar-refractivity contribution in [3.05, 3.63) is 35.9 Å². The highest BCUT2D eigenvalue weighted by molar-refractivity contribution is 5.13. The highest BCUT2D eigenvalue weighted by atomic mass is 16.5. The van der Waals surface area contributed by atoms with Crippen molar-refractivity contribution >= 4 is 0 Å². The van der Waals surface area contributed by atoms with Crippen molar-refractivity contribution in [1.29, 1.82) is 0 Å². The van der Waals surface area contributed by atoms with Crippen LogP contribution in [0, 0.1) is 0 Å². The number of methoxy groups -OCH3 is 1. The summed E-state index contributed by atoms with van der Waals surface area (Å²) in [4.78, 5) is 0. The number of rotatable bonds is 9. The van der Waals surface area contributed by atoms with Crippen molar-refractivity contribution in [2.45, 2.75) is 31.9 Å². The SMILES string of the molecule is COCC(N)CCCCOCc1ccccc1. The summed E-state index contributed by atoms with van der Waals surface area (Å²) < 4.78 is 10.6. The molecule has 17 heavy (non-hydrogen) atoms. The fourth-order valence-electron chi connectivity index (χ4n) is 1.67. The van der Waals surface area contributed by atoms with Gasteiger partial charge in [-0.25, -0.2) is 0 Å². The second-order valence-corrected chi connectivity index (χ2v) is 4.25. The van der Waals surface area contributed by atoms with Crippen molar-refractivity contribution < 1.29 is 9.47 Å². The van der Waals surface area contributed by atoms with Gasteiger partial charge in [0.05, 0.1) is 13.2 Å². The van der Waals surface area contributed by atoms with Gasteiger partial charge in [-0.3, -0.25) is 0 Å². The van der Waals surface area contributed by atoms with Gasteiger partial charge in [-0.15, -0.1) is 0 Å². The lowest BCUT2D eigenvalue weighted by molar-refractivity contribution is 0.115. The summed E-state index contributed by atoms with van der Waals surface area (Å²) in [6, 6.07) is 10.4. The van der Waals surface area contributed by atoms with Gasteiger partial charge >= 0.3 is 0 Å². The van der Waals surface area contributed by atoms with Crippen LogP contribution in [0.4, 0.5) is 0 Å². The molecule has 1 rings (SSSR count). The standard InChI is InChI=1S/C14H23NO2/c1-16-12-14(15)9-5-6-10-17-11-13-7-3-2-4-8-13/h2-4,7-8,14H,5-6,9-12,15H2,1H3. The molecule has 0 spiro atoms. The topological polar surface area (TPSA) is 44.5 Å². The van der Waals surface area contributed by atoms with Crippen LogP contribution >= 0.6 is 0 Å². The molecule has 1 aromatic carbocycles. The molecule has 0 aromatic heterocycles. The molecular weight excluding hydrogens is 214 g/mol. The zero-order valence-corrected chi connectivity index (χ0v) is 10.6. The van der Waals surface area contributed by atoms with E-state index in [1.54, 1.807) is 7.11 Å². The third kappa shape index (κ3) is 7.10. The zero-order chi connectivity index (χ0) is 12.3. The molecule has 96 valence electrons. The number of ether oxygens (including phenoxy) is 2. The maximum Gasteiger partial charge on any atom is 0.0716 e. The van der Waals surface area contributed by atoms with Crippen LogP contribution in [0.15, 0.2) is 30.3 Å². The van der Waals surface area contributed by atoms with Gasteiger partial charge in [0.2, 0.25) is 0 Å². The molecule has 0 fully saturated rings. The Morgan fingerprint density at radius 1 is 1.18 bits per heavy atom. The molecule has 2 N–H and O–H groups in total. The van der Waals surface area contributed by atoms with Gasteiger partial charge in [0.25, 0.3) is 0 Å². The van der Waals surface area contributed by atoms with E-state index in [-0.39, 0.29) is 6.04 Å². The molecule has 0 aliphatic heterocycles. The molecule has 1 unspecified atom stereocenters. The second-order valence-electron chi connectivity index (χ2n) is 4.25. The monoisotopic (exact) mass is 237 g/mol. The molecule has 1 atom stereocenters. The molecule has 3 nitrogen and oxygen atoms in total. The van der Waals surface area contributed by atoms with Crippen LogP contribution in [0.5, 0.6) is 0 Å². The van der Waals surface area contributed by atoms with E-state index in [1.807, 2.05) is 18.2 Å². The van der Waals surface area contributed by atoms with Gasteiger partial charge in [-0.1, -0.05) is 30.3 Å². The third-order valence-corrected chi connectivity index (χ3v) is 2.61. The number of benzene rings is 1. The highest BCUT2D eigenvalue weighted by Crippen LogP contribution is 2.03. The van der Waals surface area contributed by atoms with Gasteiger partial charge in [-0.2, -0.15) is 0 Å². The van der Waals surface area contributed by atoms with E-state index in [0.29, 0.717) is 13.2 Å². The largest absolute Gasteiger partial charge is 0.383 e. The molecule has 0 heterocycles. The van der Waals surface area contributed by atoms with Gasteiger partial charge in [0, 0.05) is 19.8 Å². The predicted octanol–water partition coefficient (Wildman–Crippen LogP) is 2.35. The Morgan fingerprint density at radius 3 is 2.65 bits per heavy atom. The van der Waals surface area contributed by atoms with Crippen LogP contribution in [-0.2, 0) is 16.1 Å². The average molecular weight is 237 g/mol. The van der Waals surface area contributed by atoms with Gasteiger partial charge in [-0.05, 0) is 24.8 Å². The van der Waals surface area contributed by atoms with Crippen LogP contribution in [0.3, 0.4) is 0 Å². The lowest BCUT2D eigenvalue weighted by atomic mass is 10.1. The fourth-order valence-corrected chi connectivity index (χ4v) is 1.67. The lowest BCUT2D eigenvalue weighted by Crippen LogP contribution is -2.25. The normalized spacial score (nSPS) is 12.6. The predicted molar refractivity (Wildman–Crippen MR) is 69.8 cm³/mol. The van der Waals surface area contributed by atoms with Crippen molar-refractivity contribution in [3.63, 3.8) is 0 Å². The number of nitrogens with two attached hydrogens (primary N) is 1.